The van der Waals surface area contributed by atoms with Crippen molar-refractivity contribution in [1.29, 1.82) is 0 Å². The van der Waals surface area contributed by atoms with Crippen molar-refractivity contribution in [1.82, 2.24) is 15.2 Å². The number of amides is 1. The standard InChI is InChI=1S/C17H23N3O3/c1-4-6-12-9-13(18-22-12)15-7-5-8-20(15)17(21)14-10-16(11(2)3)23-19-14/h9-11,15H,4-8H2,1-3H3/t15-/m1/s1. The molecule has 0 N–H and O–H groups in total. The predicted molar refractivity (Wildman–Crippen MR) is 84.1 cm³/mol. The molecule has 1 atom stereocenters. The van der Waals surface area contributed by atoms with Crippen molar-refractivity contribution in [3.8, 4) is 0 Å². The van der Waals surface area contributed by atoms with Gasteiger partial charge in [0.25, 0.3) is 5.91 Å². The van der Waals surface area contributed by atoms with Crippen LogP contribution in [0.4, 0.5) is 0 Å². The molecule has 1 saturated heterocycles. The van der Waals surface area contributed by atoms with Crippen LogP contribution < -0.4 is 0 Å². The molecule has 23 heavy (non-hydrogen) atoms. The molecular weight excluding hydrogens is 294 g/mol. The highest BCUT2D eigenvalue weighted by Gasteiger charge is 2.34. The fraction of sp³-hybridized carbons (Fsp3) is 0.588. The van der Waals surface area contributed by atoms with E-state index in [2.05, 4.69) is 17.2 Å². The lowest BCUT2D eigenvalue weighted by Crippen LogP contribution is -2.30. The molecule has 1 fully saturated rings. The zero-order chi connectivity index (χ0) is 16.4. The van der Waals surface area contributed by atoms with Crippen molar-refractivity contribution in [3.63, 3.8) is 0 Å². The summed E-state index contributed by atoms with van der Waals surface area (Å²) in [7, 11) is 0. The molecule has 6 nitrogen and oxygen atoms in total. The van der Waals surface area contributed by atoms with Crippen LogP contribution in [0.5, 0.6) is 0 Å². The number of aromatic nitrogens is 2. The van der Waals surface area contributed by atoms with Gasteiger partial charge in [0.2, 0.25) is 0 Å². The SMILES string of the molecule is CCCc1cc([C@H]2CCCN2C(=O)c2cc(C(C)C)on2)no1. The van der Waals surface area contributed by atoms with E-state index in [-0.39, 0.29) is 17.9 Å². The summed E-state index contributed by atoms with van der Waals surface area (Å²) in [6, 6.07) is 3.69. The Kier molecular flexibility index (Phi) is 4.50. The molecular formula is C17H23N3O3. The summed E-state index contributed by atoms with van der Waals surface area (Å²) in [6.45, 7) is 6.84. The first-order chi connectivity index (χ1) is 11.1. The maximum atomic E-state index is 12.7. The van der Waals surface area contributed by atoms with Crippen LogP contribution in [0, 0.1) is 0 Å². The van der Waals surface area contributed by atoms with Gasteiger partial charge >= 0.3 is 0 Å². The molecule has 0 aliphatic carbocycles. The van der Waals surface area contributed by atoms with Gasteiger partial charge < -0.3 is 13.9 Å². The highest BCUT2D eigenvalue weighted by molar-refractivity contribution is 5.92. The molecule has 124 valence electrons. The Morgan fingerprint density at radius 1 is 1.35 bits per heavy atom. The Morgan fingerprint density at radius 3 is 2.87 bits per heavy atom. The number of hydrogen-bond acceptors (Lipinski definition) is 5. The van der Waals surface area contributed by atoms with Crippen LogP contribution >= 0.6 is 0 Å². The number of rotatable bonds is 5. The third-order valence-corrected chi connectivity index (χ3v) is 4.25. The molecule has 2 aromatic rings. The minimum Gasteiger partial charge on any atom is -0.361 e. The van der Waals surface area contributed by atoms with E-state index < -0.39 is 0 Å². The fourth-order valence-corrected chi connectivity index (χ4v) is 2.98. The molecule has 0 aromatic carbocycles. The second-order valence-corrected chi connectivity index (χ2v) is 6.39. The van der Waals surface area contributed by atoms with Gasteiger partial charge in [0, 0.05) is 31.0 Å². The van der Waals surface area contributed by atoms with Crippen LogP contribution in [0.25, 0.3) is 0 Å². The monoisotopic (exact) mass is 317 g/mol. The highest BCUT2D eigenvalue weighted by atomic mass is 16.5. The molecule has 0 saturated carbocycles. The minimum absolute atomic E-state index is 0.0314. The molecule has 0 radical (unpaired) electrons. The van der Waals surface area contributed by atoms with E-state index in [1.54, 1.807) is 6.07 Å². The molecule has 1 aliphatic rings. The summed E-state index contributed by atoms with van der Waals surface area (Å²) >= 11 is 0. The first kappa shape index (κ1) is 15.8. The average Bonchev–Trinajstić information content (AvgIpc) is 3.26. The normalized spacial score (nSPS) is 18.1. The number of carbonyl (C=O) groups excluding carboxylic acids is 1. The Bertz CT molecular complexity index is 674. The summed E-state index contributed by atoms with van der Waals surface area (Å²) < 4.78 is 10.6. The molecule has 0 unspecified atom stereocenters. The van der Waals surface area contributed by atoms with E-state index in [4.69, 9.17) is 9.05 Å². The second-order valence-electron chi connectivity index (χ2n) is 6.39. The molecule has 0 spiro atoms. The first-order valence-corrected chi connectivity index (χ1v) is 8.33. The number of likely N-dealkylation sites (tertiary alicyclic amines) is 1. The van der Waals surface area contributed by atoms with E-state index >= 15 is 0 Å². The van der Waals surface area contributed by atoms with Crippen LogP contribution in [0.1, 0.15) is 79.7 Å². The number of aryl methyl sites for hydroxylation is 1. The maximum Gasteiger partial charge on any atom is 0.276 e. The molecule has 0 bridgehead atoms. The van der Waals surface area contributed by atoms with Gasteiger partial charge in [-0.1, -0.05) is 31.1 Å². The zero-order valence-electron chi connectivity index (χ0n) is 13.9. The van der Waals surface area contributed by atoms with E-state index in [9.17, 15) is 4.79 Å². The smallest absolute Gasteiger partial charge is 0.276 e. The number of carbonyl (C=O) groups is 1. The van der Waals surface area contributed by atoms with Gasteiger partial charge in [0.1, 0.15) is 17.2 Å². The van der Waals surface area contributed by atoms with Gasteiger partial charge in [-0.3, -0.25) is 4.79 Å². The molecule has 3 rings (SSSR count). The lowest BCUT2D eigenvalue weighted by Gasteiger charge is -2.21. The third-order valence-electron chi connectivity index (χ3n) is 4.25. The number of nitrogens with zero attached hydrogens (tertiary/aromatic N) is 3. The molecule has 6 heteroatoms. The maximum absolute atomic E-state index is 12.7. The quantitative estimate of drug-likeness (QED) is 0.840. The predicted octanol–water partition coefficient (Wildman–Crippen LogP) is 3.72. The van der Waals surface area contributed by atoms with Crippen molar-refractivity contribution in [2.45, 2.75) is 58.4 Å². The summed E-state index contributed by atoms with van der Waals surface area (Å²) in [5.74, 6) is 1.73. The topological polar surface area (TPSA) is 72.4 Å². The lowest BCUT2D eigenvalue weighted by molar-refractivity contribution is 0.0720. The van der Waals surface area contributed by atoms with Crippen molar-refractivity contribution >= 4 is 5.91 Å². The van der Waals surface area contributed by atoms with Gasteiger partial charge in [-0.25, -0.2) is 0 Å². The summed E-state index contributed by atoms with van der Waals surface area (Å²) in [6.07, 6.45) is 3.74. The fourth-order valence-electron chi connectivity index (χ4n) is 2.98. The Hall–Kier alpha value is -2.11. The largest absolute Gasteiger partial charge is 0.361 e. The molecule has 2 aromatic heterocycles. The van der Waals surface area contributed by atoms with Gasteiger partial charge in [0.15, 0.2) is 5.69 Å². The Morgan fingerprint density at radius 2 is 2.17 bits per heavy atom. The van der Waals surface area contributed by atoms with E-state index in [1.165, 1.54) is 0 Å². The van der Waals surface area contributed by atoms with Crippen LogP contribution in [0.15, 0.2) is 21.2 Å². The van der Waals surface area contributed by atoms with Crippen LogP contribution in [-0.2, 0) is 6.42 Å². The summed E-state index contributed by atoms with van der Waals surface area (Å²) in [5, 5.41) is 8.10. The van der Waals surface area contributed by atoms with Crippen molar-refractivity contribution in [2.75, 3.05) is 6.54 Å². The lowest BCUT2D eigenvalue weighted by atomic mass is 10.1. The zero-order valence-corrected chi connectivity index (χ0v) is 13.9. The minimum atomic E-state index is -0.0943. The van der Waals surface area contributed by atoms with Gasteiger partial charge in [0.05, 0.1) is 6.04 Å². The number of hydrogen-bond donors (Lipinski definition) is 0. The third kappa shape index (κ3) is 3.16. The molecule has 1 amide bonds. The van der Waals surface area contributed by atoms with E-state index in [0.29, 0.717) is 12.2 Å². The van der Waals surface area contributed by atoms with Crippen LogP contribution in [0.3, 0.4) is 0 Å². The van der Waals surface area contributed by atoms with Crippen molar-refractivity contribution in [3.05, 3.63) is 35.0 Å². The first-order valence-electron chi connectivity index (χ1n) is 8.33. The van der Waals surface area contributed by atoms with E-state index in [0.717, 1.165) is 42.9 Å². The van der Waals surface area contributed by atoms with Gasteiger partial charge in [-0.05, 0) is 19.3 Å². The van der Waals surface area contributed by atoms with Gasteiger partial charge in [-0.2, -0.15) is 0 Å². The Balaban J connectivity index is 1.78. The highest BCUT2D eigenvalue weighted by Crippen LogP contribution is 2.33. The summed E-state index contributed by atoms with van der Waals surface area (Å²) in [5.41, 5.74) is 1.21. The van der Waals surface area contributed by atoms with Crippen molar-refractivity contribution in [2.24, 2.45) is 0 Å². The molecule has 3 heterocycles. The van der Waals surface area contributed by atoms with Gasteiger partial charge in [-0.15, -0.1) is 0 Å². The van der Waals surface area contributed by atoms with Crippen LogP contribution in [0.2, 0.25) is 0 Å². The Labute approximate surface area is 135 Å². The average molecular weight is 317 g/mol. The second kappa shape index (κ2) is 6.56. The van der Waals surface area contributed by atoms with E-state index in [1.807, 2.05) is 24.8 Å². The molecule has 1 aliphatic heterocycles. The summed E-state index contributed by atoms with van der Waals surface area (Å²) in [4.78, 5) is 14.6. The van der Waals surface area contributed by atoms with Crippen LogP contribution in [-0.4, -0.2) is 27.7 Å². The van der Waals surface area contributed by atoms with Crippen molar-refractivity contribution < 1.29 is 13.8 Å².